The average molecular weight is 414 g/mol. The minimum Gasteiger partial charge on any atom is -0.289 e. The lowest BCUT2D eigenvalue weighted by Gasteiger charge is -2.26. The van der Waals surface area contributed by atoms with Gasteiger partial charge >= 0.3 is 0 Å². The number of hydroxylamine groups is 1. The summed E-state index contributed by atoms with van der Waals surface area (Å²) in [7, 11) is -3.82. The first-order valence-electron chi connectivity index (χ1n) is 8.41. The van der Waals surface area contributed by atoms with Gasteiger partial charge in [-0.3, -0.25) is 10.0 Å². The summed E-state index contributed by atoms with van der Waals surface area (Å²) in [5.74, 6) is -0.484. The molecule has 2 aromatic heterocycles. The van der Waals surface area contributed by atoms with Gasteiger partial charge in [0.15, 0.2) is 0 Å². The van der Waals surface area contributed by atoms with Crippen LogP contribution in [0, 0.1) is 12.8 Å². The SMILES string of the molecule is Cc1nc(-c2ccc(S(=O)(=O)N3[C@@H](C(=O)NO)C[C@H]4CCC[C@H]43)s2)cs1. The zero-order valence-corrected chi connectivity index (χ0v) is 16.5. The second kappa shape index (κ2) is 6.68. The number of carbonyl (C=O) groups excluding carboxylic acids is 1. The number of amides is 1. The van der Waals surface area contributed by atoms with Crippen LogP contribution < -0.4 is 5.48 Å². The molecule has 1 saturated carbocycles. The van der Waals surface area contributed by atoms with Gasteiger partial charge < -0.3 is 0 Å². The molecule has 1 saturated heterocycles. The second-order valence-corrected chi connectivity index (χ2v) is 10.9. The summed E-state index contributed by atoms with van der Waals surface area (Å²) in [6, 6.07) is 2.32. The molecule has 1 aliphatic heterocycles. The maximum atomic E-state index is 13.3. The van der Waals surface area contributed by atoms with Crippen molar-refractivity contribution in [2.75, 3.05) is 0 Å². The molecule has 2 N–H and O–H groups in total. The van der Waals surface area contributed by atoms with Crippen LogP contribution in [-0.4, -0.2) is 40.9 Å². The quantitative estimate of drug-likeness (QED) is 0.593. The molecule has 2 fully saturated rings. The van der Waals surface area contributed by atoms with Crippen LogP contribution in [0.1, 0.15) is 30.7 Å². The van der Waals surface area contributed by atoms with Crippen molar-refractivity contribution >= 4 is 38.6 Å². The zero-order chi connectivity index (χ0) is 18.5. The Kier molecular flexibility index (Phi) is 4.64. The molecule has 26 heavy (non-hydrogen) atoms. The predicted molar refractivity (Wildman–Crippen MR) is 98.7 cm³/mol. The van der Waals surface area contributed by atoms with Crippen molar-refractivity contribution in [1.29, 1.82) is 0 Å². The van der Waals surface area contributed by atoms with Crippen LogP contribution in [-0.2, 0) is 14.8 Å². The van der Waals surface area contributed by atoms with E-state index in [4.69, 9.17) is 5.21 Å². The van der Waals surface area contributed by atoms with Crippen molar-refractivity contribution in [2.24, 2.45) is 5.92 Å². The van der Waals surface area contributed by atoms with Gasteiger partial charge in [0.05, 0.1) is 15.6 Å². The molecule has 1 amide bonds. The largest absolute Gasteiger partial charge is 0.289 e. The fraction of sp³-hybridized carbons (Fsp3) is 0.500. The molecule has 0 unspecified atom stereocenters. The number of aromatic nitrogens is 1. The fourth-order valence-electron chi connectivity index (χ4n) is 4.07. The minimum atomic E-state index is -3.82. The maximum absolute atomic E-state index is 13.3. The van der Waals surface area contributed by atoms with Crippen LogP contribution in [0.4, 0.5) is 0 Å². The third-order valence-electron chi connectivity index (χ3n) is 5.18. The number of hydrogen-bond donors (Lipinski definition) is 2. The number of carbonyl (C=O) groups is 1. The summed E-state index contributed by atoms with van der Waals surface area (Å²) in [6.45, 7) is 1.90. The minimum absolute atomic E-state index is 0.172. The van der Waals surface area contributed by atoms with Crippen molar-refractivity contribution in [1.82, 2.24) is 14.8 Å². The summed E-state index contributed by atoms with van der Waals surface area (Å²) < 4.78 is 28.2. The van der Waals surface area contributed by atoms with E-state index in [2.05, 4.69) is 4.98 Å². The van der Waals surface area contributed by atoms with Crippen LogP contribution in [0.3, 0.4) is 0 Å². The van der Waals surface area contributed by atoms with Crippen LogP contribution in [0.2, 0.25) is 0 Å². The number of thiazole rings is 1. The number of fused-ring (bicyclic) bond motifs is 1. The lowest BCUT2D eigenvalue weighted by Crippen LogP contribution is -2.47. The van der Waals surface area contributed by atoms with Crippen LogP contribution >= 0.6 is 22.7 Å². The van der Waals surface area contributed by atoms with Gasteiger partial charge in [-0.2, -0.15) is 4.31 Å². The number of aryl methyl sites for hydroxylation is 1. The Morgan fingerprint density at radius 1 is 1.38 bits per heavy atom. The Morgan fingerprint density at radius 2 is 2.19 bits per heavy atom. The summed E-state index contributed by atoms with van der Waals surface area (Å²) in [5, 5.41) is 11.9. The molecule has 0 radical (unpaired) electrons. The van der Waals surface area contributed by atoms with Gasteiger partial charge in [-0.25, -0.2) is 18.9 Å². The fourth-order valence-corrected chi connectivity index (χ4v) is 8.00. The van der Waals surface area contributed by atoms with E-state index in [9.17, 15) is 13.2 Å². The summed E-state index contributed by atoms with van der Waals surface area (Å²) >= 11 is 2.69. The second-order valence-electron chi connectivity index (χ2n) is 6.69. The smallest absolute Gasteiger partial charge is 0.261 e. The molecule has 7 nitrogen and oxygen atoms in total. The Bertz CT molecular complexity index is 936. The Balaban J connectivity index is 1.70. The number of nitrogens with zero attached hydrogens (tertiary/aromatic N) is 2. The highest BCUT2D eigenvalue weighted by Crippen LogP contribution is 2.45. The van der Waals surface area contributed by atoms with Crippen LogP contribution in [0.15, 0.2) is 21.7 Å². The standard InChI is InChI=1S/C16H19N3O4S3/c1-9-17-11(8-24-9)14-5-6-15(25-14)26(22,23)19-12-4-2-3-10(12)7-13(19)16(20)18-21/h5-6,8,10,12-13,21H,2-4,7H2,1H3,(H,18,20)/t10-,12-,13-/m1/s1. The van der Waals surface area contributed by atoms with E-state index in [1.54, 1.807) is 17.6 Å². The highest BCUT2D eigenvalue weighted by atomic mass is 32.2. The predicted octanol–water partition coefficient (Wildman–Crippen LogP) is 2.62. The molecule has 140 valence electrons. The van der Waals surface area contributed by atoms with E-state index < -0.39 is 22.0 Å². The molecule has 2 aromatic rings. The van der Waals surface area contributed by atoms with Crippen LogP contribution in [0.25, 0.3) is 10.6 Å². The Hall–Kier alpha value is -1.33. The highest BCUT2D eigenvalue weighted by Gasteiger charge is 2.52. The zero-order valence-electron chi connectivity index (χ0n) is 14.1. The highest BCUT2D eigenvalue weighted by molar-refractivity contribution is 7.91. The first-order valence-corrected chi connectivity index (χ1v) is 11.6. The Labute approximate surface area is 159 Å². The third kappa shape index (κ3) is 2.89. The number of rotatable bonds is 4. The van der Waals surface area contributed by atoms with Gasteiger partial charge in [0.1, 0.15) is 10.3 Å². The van der Waals surface area contributed by atoms with Gasteiger partial charge in [-0.05, 0) is 44.2 Å². The van der Waals surface area contributed by atoms with Crippen molar-refractivity contribution in [3.05, 3.63) is 22.5 Å². The molecule has 0 aromatic carbocycles. The summed E-state index contributed by atoms with van der Waals surface area (Å²) in [4.78, 5) is 17.3. The van der Waals surface area contributed by atoms with Gasteiger partial charge in [0.2, 0.25) is 0 Å². The molecular formula is C16H19N3O4S3. The van der Waals surface area contributed by atoms with E-state index in [1.807, 2.05) is 12.3 Å². The van der Waals surface area contributed by atoms with Gasteiger partial charge in [-0.1, -0.05) is 6.42 Å². The van der Waals surface area contributed by atoms with Gasteiger partial charge in [-0.15, -0.1) is 22.7 Å². The molecular weight excluding hydrogens is 394 g/mol. The van der Waals surface area contributed by atoms with E-state index in [0.29, 0.717) is 6.42 Å². The third-order valence-corrected chi connectivity index (χ3v) is 9.46. The first kappa shape index (κ1) is 18.1. The van der Waals surface area contributed by atoms with Crippen molar-refractivity contribution < 1.29 is 18.4 Å². The van der Waals surface area contributed by atoms with E-state index >= 15 is 0 Å². The molecule has 3 atom stereocenters. The Morgan fingerprint density at radius 3 is 2.88 bits per heavy atom. The molecule has 0 spiro atoms. The molecule has 3 heterocycles. The molecule has 0 bridgehead atoms. The lowest BCUT2D eigenvalue weighted by atomic mass is 10.0. The molecule has 1 aliphatic carbocycles. The number of hydrogen-bond acceptors (Lipinski definition) is 7. The lowest BCUT2D eigenvalue weighted by molar-refractivity contribution is -0.132. The maximum Gasteiger partial charge on any atom is 0.261 e. The van der Waals surface area contributed by atoms with Gasteiger partial charge in [0, 0.05) is 11.4 Å². The summed E-state index contributed by atoms with van der Waals surface area (Å²) in [6.07, 6.45) is 3.09. The van der Waals surface area contributed by atoms with Crippen LogP contribution in [0.5, 0.6) is 0 Å². The number of thiophene rings is 1. The first-order chi connectivity index (χ1) is 12.4. The normalized spacial score (nSPS) is 26.2. The molecule has 4 rings (SSSR count). The number of nitrogens with one attached hydrogen (secondary N) is 1. The average Bonchev–Trinajstić information content (AvgIpc) is 3.35. The molecule has 10 heteroatoms. The van der Waals surface area contributed by atoms with Crippen molar-refractivity contribution in [3.8, 4) is 10.6 Å². The van der Waals surface area contributed by atoms with E-state index in [0.717, 1.165) is 34.8 Å². The summed E-state index contributed by atoms with van der Waals surface area (Å²) in [5.41, 5.74) is 2.40. The van der Waals surface area contributed by atoms with Crippen molar-refractivity contribution in [2.45, 2.75) is 48.9 Å². The topological polar surface area (TPSA) is 99.6 Å². The van der Waals surface area contributed by atoms with Gasteiger partial charge in [0.25, 0.3) is 15.9 Å². The van der Waals surface area contributed by atoms with Crippen molar-refractivity contribution in [3.63, 3.8) is 0 Å². The van der Waals surface area contributed by atoms with E-state index in [-0.39, 0.29) is 16.2 Å². The monoisotopic (exact) mass is 413 g/mol. The number of sulfonamides is 1. The molecule has 2 aliphatic rings. The van der Waals surface area contributed by atoms with E-state index in [1.165, 1.54) is 27.0 Å².